The number of carboxylic acid groups (broad SMARTS) is 1. The van der Waals surface area contributed by atoms with Gasteiger partial charge in [0, 0.05) is 48.7 Å². The number of aliphatic hydroxyl groups excluding tert-OH is 1. The van der Waals surface area contributed by atoms with Crippen molar-refractivity contribution in [2.45, 2.75) is 58.2 Å². The zero-order chi connectivity index (χ0) is 45.0. The highest BCUT2D eigenvalue weighted by atomic mass is 127. The normalized spacial score (nSPS) is 16.3. The van der Waals surface area contributed by atoms with E-state index in [0.29, 0.717) is 20.9 Å². The molecule has 2 aromatic carbocycles. The number of aromatic nitrogens is 3. The first-order valence-electron chi connectivity index (χ1n) is 19.1. The Balaban J connectivity index is 0.000000203. The molecule has 61 heavy (non-hydrogen) atoms. The molecule has 1 saturated heterocycles. The molecule has 2 aliphatic rings. The van der Waals surface area contributed by atoms with Gasteiger partial charge < -0.3 is 55.8 Å². The number of phenols is 1. The molecule has 334 valence electrons. The Bertz CT molecular complexity index is 2220. The van der Waals surface area contributed by atoms with Crippen molar-refractivity contribution < 1.29 is 53.5 Å². The number of halogens is 3. The van der Waals surface area contributed by atoms with Crippen LogP contribution in [-0.2, 0) is 44.6 Å². The van der Waals surface area contributed by atoms with Crippen molar-refractivity contribution in [2.75, 3.05) is 51.5 Å². The van der Waals surface area contributed by atoms with Gasteiger partial charge in [-0.05, 0) is 148 Å². The second-order valence-corrected chi connectivity index (χ2v) is 19.3. The van der Waals surface area contributed by atoms with Crippen molar-refractivity contribution in [3.8, 4) is 17.2 Å². The van der Waals surface area contributed by atoms with Gasteiger partial charge in [-0.15, -0.1) is 0 Å². The molecule has 0 spiro atoms. The topological polar surface area (TPSA) is 286 Å². The van der Waals surface area contributed by atoms with Crippen LogP contribution in [-0.4, -0.2) is 114 Å². The van der Waals surface area contributed by atoms with Crippen molar-refractivity contribution in [2.24, 2.45) is 11.7 Å². The number of ether oxygens (including phenoxy) is 3. The van der Waals surface area contributed by atoms with E-state index in [4.69, 9.17) is 45.7 Å². The third-order valence-corrected chi connectivity index (χ3v) is 12.6. The molecule has 0 bridgehead atoms. The minimum atomic E-state index is -4.31. The van der Waals surface area contributed by atoms with Crippen LogP contribution in [0.3, 0.4) is 0 Å². The molecule has 1 unspecified atom stereocenters. The van der Waals surface area contributed by atoms with E-state index in [1.54, 1.807) is 18.2 Å². The molecule has 0 radical (unpaired) electrons. The van der Waals surface area contributed by atoms with Gasteiger partial charge in [-0.1, -0.05) is 6.92 Å². The highest BCUT2D eigenvalue weighted by Gasteiger charge is 2.33. The van der Waals surface area contributed by atoms with Gasteiger partial charge in [0.25, 0.3) is 0 Å². The van der Waals surface area contributed by atoms with Gasteiger partial charge in [0.1, 0.15) is 29.7 Å². The number of hydrogen-bond acceptors (Lipinski definition) is 13. The van der Waals surface area contributed by atoms with E-state index in [-0.39, 0.29) is 30.5 Å². The number of nitrogen functional groups attached to an aromatic ring is 1. The first-order valence-corrected chi connectivity index (χ1v) is 24.1. The summed E-state index contributed by atoms with van der Waals surface area (Å²) in [6.07, 6.45) is 2.81. The van der Waals surface area contributed by atoms with Crippen LogP contribution in [0.25, 0.3) is 0 Å². The molecule has 1 fully saturated rings. The number of nitrogens with zero attached hydrogens (tertiary/aromatic N) is 3. The number of ketones is 1. The van der Waals surface area contributed by atoms with Crippen LogP contribution in [0.2, 0.25) is 0 Å². The van der Waals surface area contributed by atoms with Crippen LogP contribution >= 0.6 is 75.4 Å². The maximum absolute atomic E-state index is 12.8. The number of aromatic hydroxyl groups is 1. The monoisotopic (exact) mass is 1210 g/mol. The predicted octanol–water partition coefficient (Wildman–Crippen LogP) is 4.25. The molecule has 3 heterocycles. The van der Waals surface area contributed by atoms with Crippen molar-refractivity contribution >= 4 is 92.9 Å². The molecular weight excluding hydrogens is 1160 g/mol. The molecule has 10 N–H and O–H groups in total. The van der Waals surface area contributed by atoms with Gasteiger partial charge in [-0.3, -0.25) is 23.6 Å². The van der Waals surface area contributed by atoms with E-state index in [1.807, 2.05) is 34.7 Å². The van der Waals surface area contributed by atoms with Crippen molar-refractivity contribution in [1.82, 2.24) is 19.4 Å². The number of phenolic OH excluding ortho intramolecular Hbond substituents is 1. The van der Waals surface area contributed by atoms with Crippen LogP contribution in [0.5, 0.6) is 17.2 Å². The zero-order valence-corrected chi connectivity index (χ0v) is 40.8. The molecule has 1 aliphatic carbocycles. The Morgan fingerprint density at radius 3 is 2.34 bits per heavy atom. The number of carbonyl (C=O) groups is 2. The van der Waals surface area contributed by atoms with E-state index in [9.17, 15) is 24.1 Å². The highest BCUT2D eigenvalue weighted by molar-refractivity contribution is 14.1. The van der Waals surface area contributed by atoms with E-state index in [2.05, 4.69) is 73.9 Å². The number of nitrogens with two attached hydrogens (primary N) is 2. The standard InChI is InChI=1S/C16H24N2O2.C15H12I3NO4.C8H14N3O6P/c1-3-13-11(2)17-14-5-4-12(16(19)15(13)14)10-18-6-8-20-9-7-18;16-9-6-8(1-2-13(9)20)23-14-10(17)3-7(4-11(14)18)5-12(19)15(21)22;9-7-1-2-11(8(13)10-7)3-6(4-12)17-5-18(14,15)16/h12,17H,3-10H2,1-2H3;1-4,6,12,20H,5,19H2,(H,21,22);1-2,6,12H,3-5H2,(H2,9,10,13)(H2,14,15,16)/t;12-;6-/m.00/s1. The maximum Gasteiger partial charge on any atom is 0.350 e. The summed E-state index contributed by atoms with van der Waals surface area (Å²) in [5, 5.41) is 27.5. The van der Waals surface area contributed by atoms with Gasteiger partial charge in [0.2, 0.25) is 0 Å². The molecule has 6 rings (SSSR count). The molecular formula is C39H50I3N6O12P. The number of morpholine rings is 1. The number of aliphatic carboxylic acids is 1. The summed E-state index contributed by atoms with van der Waals surface area (Å²) in [7, 11) is -4.31. The number of aryl methyl sites for hydroxylation is 2. The maximum atomic E-state index is 12.8. The summed E-state index contributed by atoms with van der Waals surface area (Å²) in [5.41, 5.74) is 15.7. The fourth-order valence-corrected chi connectivity index (χ4v) is 9.60. The first-order chi connectivity index (χ1) is 28.8. The van der Waals surface area contributed by atoms with Crippen molar-refractivity contribution in [3.05, 3.63) is 91.9 Å². The van der Waals surface area contributed by atoms with E-state index < -0.39 is 44.4 Å². The number of nitrogens with one attached hydrogen (secondary N) is 1. The summed E-state index contributed by atoms with van der Waals surface area (Å²) in [4.78, 5) is 61.6. The number of fused-ring (bicyclic) bond motifs is 1. The number of rotatable bonds is 14. The highest BCUT2D eigenvalue weighted by Crippen LogP contribution is 2.36. The lowest BCUT2D eigenvalue weighted by molar-refractivity contribution is -0.138. The summed E-state index contributed by atoms with van der Waals surface area (Å²) in [6, 6.07) is 9.22. The Morgan fingerprint density at radius 1 is 1.10 bits per heavy atom. The average molecular weight is 1210 g/mol. The largest absolute Gasteiger partial charge is 0.507 e. The molecule has 4 aromatic rings. The Morgan fingerprint density at radius 2 is 1.77 bits per heavy atom. The Kier molecular flexibility index (Phi) is 19.9. The van der Waals surface area contributed by atoms with Crippen LogP contribution < -0.4 is 21.9 Å². The molecule has 1 aliphatic heterocycles. The van der Waals surface area contributed by atoms with Gasteiger partial charge in [-0.2, -0.15) is 4.98 Å². The van der Waals surface area contributed by atoms with Crippen LogP contribution in [0.15, 0.2) is 47.4 Å². The number of H-pyrrole nitrogens is 1. The Hall–Kier alpha value is -2.72. The number of carbonyl (C=O) groups excluding carboxylic acids is 1. The van der Waals surface area contributed by atoms with Crippen LogP contribution in [0, 0.1) is 23.6 Å². The Labute approximate surface area is 393 Å². The van der Waals surface area contributed by atoms with Crippen molar-refractivity contribution in [3.63, 3.8) is 0 Å². The van der Waals surface area contributed by atoms with E-state index in [0.717, 1.165) is 74.9 Å². The molecule has 18 nitrogen and oxygen atoms in total. The summed E-state index contributed by atoms with van der Waals surface area (Å²) >= 11 is 6.33. The van der Waals surface area contributed by atoms with Gasteiger partial charge in [-0.25, -0.2) is 4.79 Å². The average Bonchev–Trinajstić information content (AvgIpc) is 3.54. The lowest BCUT2D eigenvalue weighted by atomic mass is 9.83. The molecule has 2 aromatic heterocycles. The third kappa shape index (κ3) is 15.5. The number of aromatic amines is 1. The SMILES string of the molecule is CCc1c(C)[nH]c2c1C(=O)C(CN1CCOCC1)CC2.N[C@@H](Cc1cc(I)c(Oc2ccc(O)c(I)c2)c(I)c1)C(=O)O.Nc1ccn(C[C@@H](CO)OCP(=O)(O)O)c(=O)n1. The van der Waals surface area contributed by atoms with Gasteiger partial charge >= 0.3 is 19.3 Å². The second kappa shape index (κ2) is 23.8. The second-order valence-electron chi connectivity index (χ2n) is 14.3. The number of benzene rings is 2. The fourth-order valence-electron chi connectivity index (χ4n) is 6.59. The lowest BCUT2D eigenvalue weighted by Crippen LogP contribution is -2.42. The van der Waals surface area contributed by atoms with Crippen LogP contribution in [0.1, 0.15) is 46.2 Å². The fraction of sp³-hybridized carbons (Fsp3) is 0.436. The minimum Gasteiger partial charge on any atom is -0.507 e. The molecule has 0 amide bonds. The minimum absolute atomic E-state index is 0.0629. The summed E-state index contributed by atoms with van der Waals surface area (Å²) in [6.45, 7) is 8.07. The first kappa shape index (κ1) is 50.9. The predicted molar refractivity (Wildman–Crippen MR) is 252 cm³/mol. The third-order valence-electron chi connectivity index (χ3n) is 9.64. The number of hydrogen-bond donors (Lipinski definition) is 8. The molecule has 0 saturated carbocycles. The van der Waals surface area contributed by atoms with Crippen molar-refractivity contribution in [1.29, 1.82) is 0 Å². The molecule has 3 atom stereocenters. The zero-order valence-electron chi connectivity index (χ0n) is 33.4. The number of Topliss-reactive ketones (excluding diaryl/α,β-unsaturated/α-hetero) is 1. The number of aliphatic hydroxyl groups is 1. The summed E-state index contributed by atoms with van der Waals surface area (Å²) in [5.74, 6) is 1.10. The smallest absolute Gasteiger partial charge is 0.350 e. The van der Waals surface area contributed by atoms with E-state index >= 15 is 0 Å². The number of anilines is 1. The van der Waals surface area contributed by atoms with Gasteiger partial charge in [0.05, 0.1) is 43.2 Å². The quantitative estimate of drug-likeness (QED) is 0.0647. The number of carboxylic acids is 1. The molecule has 22 heteroatoms. The van der Waals surface area contributed by atoms with Crippen LogP contribution in [0.4, 0.5) is 5.82 Å². The van der Waals surface area contributed by atoms with E-state index in [1.165, 1.54) is 29.2 Å². The van der Waals surface area contributed by atoms with Gasteiger partial charge in [0.15, 0.2) is 11.5 Å². The summed E-state index contributed by atoms with van der Waals surface area (Å²) < 4.78 is 30.3. The lowest BCUT2D eigenvalue weighted by Gasteiger charge is -2.31.